The third kappa shape index (κ3) is 4.59. The number of fused-ring (bicyclic) bond motifs is 1. The van der Waals surface area contributed by atoms with Gasteiger partial charge in [0.25, 0.3) is 10.0 Å². The predicted octanol–water partition coefficient (Wildman–Crippen LogP) is 2.33. The fourth-order valence-corrected chi connectivity index (χ4v) is 4.51. The lowest BCUT2D eigenvalue weighted by atomic mass is 10.2. The van der Waals surface area contributed by atoms with E-state index in [1.807, 2.05) is 0 Å². The molecule has 32 heavy (non-hydrogen) atoms. The molecule has 1 N–H and O–H groups in total. The van der Waals surface area contributed by atoms with Crippen molar-refractivity contribution in [2.24, 2.45) is 0 Å². The highest BCUT2D eigenvalue weighted by Crippen LogP contribution is 2.32. The molecule has 0 atom stereocenters. The van der Waals surface area contributed by atoms with Gasteiger partial charge in [0.2, 0.25) is 12.7 Å². The van der Waals surface area contributed by atoms with Crippen LogP contribution in [-0.2, 0) is 21.4 Å². The maximum Gasteiger partial charge on any atom is 0.266 e. The van der Waals surface area contributed by atoms with Gasteiger partial charge in [-0.05, 0) is 54.1 Å². The standard InChI is InChI=1S/C22H21N3O6S/c1-29-18-7-5-17(6-8-18)25(32(27,28)19-3-2-10-23-13-19)14-22(26)24-12-16-4-9-20-21(11-16)31-15-30-20/h2-11,13H,12,14-15H2,1H3,(H,24,26). The zero-order chi connectivity index (χ0) is 22.6. The lowest BCUT2D eigenvalue weighted by molar-refractivity contribution is -0.119. The van der Waals surface area contributed by atoms with Crippen LogP contribution < -0.4 is 23.8 Å². The predicted molar refractivity (Wildman–Crippen MR) is 116 cm³/mol. The molecule has 4 rings (SSSR count). The second-order valence-electron chi connectivity index (χ2n) is 6.86. The monoisotopic (exact) mass is 455 g/mol. The van der Waals surface area contributed by atoms with Crippen molar-refractivity contribution in [2.75, 3.05) is 24.8 Å². The first-order valence-corrected chi connectivity index (χ1v) is 11.1. The van der Waals surface area contributed by atoms with Crippen LogP contribution in [0.5, 0.6) is 17.2 Å². The molecule has 0 radical (unpaired) electrons. The lowest BCUT2D eigenvalue weighted by Crippen LogP contribution is -2.40. The van der Waals surface area contributed by atoms with Crippen molar-refractivity contribution in [1.82, 2.24) is 10.3 Å². The normalized spacial score (nSPS) is 12.3. The van der Waals surface area contributed by atoms with Crippen LogP contribution in [0.2, 0.25) is 0 Å². The third-order valence-electron chi connectivity index (χ3n) is 4.80. The molecule has 0 unspecified atom stereocenters. The summed E-state index contributed by atoms with van der Waals surface area (Å²) in [4.78, 5) is 16.6. The summed E-state index contributed by atoms with van der Waals surface area (Å²) < 4.78 is 43.3. The smallest absolute Gasteiger partial charge is 0.266 e. The number of carbonyl (C=O) groups is 1. The second kappa shape index (κ2) is 9.15. The minimum absolute atomic E-state index is 0.0145. The minimum atomic E-state index is -4.03. The molecule has 0 fully saturated rings. The summed E-state index contributed by atoms with van der Waals surface area (Å²) in [5.41, 5.74) is 1.13. The van der Waals surface area contributed by atoms with Gasteiger partial charge < -0.3 is 19.5 Å². The molecular weight excluding hydrogens is 434 g/mol. The molecule has 166 valence electrons. The summed E-state index contributed by atoms with van der Waals surface area (Å²) >= 11 is 0. The van der Waals surface area contributed by atoms with E-state index in [0.717, 1.165) is 9.87 Å². The number of carbonyl (C=O) groups excluding carboxylic acids is 1. The Hall–Kier alpha value is -3.79. The average molecular weight is 455 g/mol. The molecular formula is C22H21N3O6S. The Balaban J connectivity index is 1.53. The minimum Gasteiger partial charge on any atom is -0.497 e. The van der Waals surface area contributed by atoms with E-state index in [1.165, 1.54) is 31.6 Å². The number of rotatable bonds is 8. The molecule has 9 nitrogen and oxygen atoms in total. The molecule has 2 heterocycles. The number of nitrogens with one attached hydrogen (secondary N) is 1. The Morgan fingerprint density at radius 1 is 1.12 bits per heavy atom. The summed E-state index contributed by atoms with van der Waals surface area (Å²) in [6.45, 7) is -0.0405. The van der Waals surface area contributed by atoms with Gasteiger partial charge in [-0.2, -0.15) is 0 Å². The Kier molecular flexibility index (Phi) is 6.13. The molecule has 0 saturated heterocycles. The van der Waals surface area contributed by atoms with E-state index in [-0.39, 0.29) is 18.2 Å². The number of pyridine rings is 1. The van der Waals surface area contributed by atoms with E-state index < -0.39 is 22.5 Å². The van der Waals surface area contributed by atoms with Crippen molar-refractivity contribution in [3.05, 3.63) is 72.6 Å². The van der Waals surface area contributed by atoms with Crippen LogP contribution in [0, 0.1) is 0 Å². The summed E-state index contributed by atoms with van der Waals surface area (Å²) in [6.07, 6.45) is 2.73. The topological polar surface area (TPSA) is 107 Å². The lowest BCUT2D eigenvalue weighted by Gasteiger charge is -2.24. The first kappa shape index (κ1) is 21.4. The van der Waals surface area contributed by atoms with Gasteiger partial charge in [0.15, 0.2) is 11.5 Å². The number of methoxy groups -OCH3 is 1. The fourth-order valence-electron chi connectivity index (χ4n) is 3.13. The number of sulfonamides is 1. The van der Waals surface area contributed by atoms with Gasteiger partial charge in [-0.1, -0.05) is 6.07 Å². The highest BCUT2D eigenvalue weighted by atomic mass is 32.2. The molecule has 1 aliphatic rings. The number of nitrogens with zero attached hydrogens (tertiary/aromatic N) is 2. The van der Waals surface area contributed by atoms with Crippen LogP contribution in [0.15, 0.2) is 71.9 Å². The maximum absolute atomic E-state index is 13.3. The molecule has 1 aliphatic heterocycles. The summed E-state index contributed by atoms with van der Waals surface area (Å²) in [5, 5.41) is 2.75. The SMILES string of the molecule is COc1ccc(N(CC(=O)NCc2ccc3c(c2)OCO3)S(=O)(=O)c2cccnc2)cc1. The average Bonchev–Trinajstić information content (AvgIpc) is 3.30. The number of anilines is 1. The molecule has 3 aromatic rings. The van der Waals surface area contributed by atoms with Crippen molar-refractivity contribution in [3.8, 4) is 17.2 Å². The van der Waals surface area contributed by atoms with E-state index in [1.54, 1.807) is 42.5 Å². The van der Waals surface area contributed by atoms with E-state index in [4.69, 9.17) is 14.2 Å². The summed E-state index contributed by atoms with van der Waals surface area (Å²) in [6, 6.07) is 14.7. The van der Waals surface area contributed by atoms with Crippen LogP contribution in [-0.4, -0.2) is 39.8 Å². The van der Waals surface area contributed by atoms with Crippen LogP contribution >= 0.6 is 0 Å². The quantitative estimate of drug-likeness (QED) is 0.556. The van der Waals surface area contributed by atoms with E-state index >= 15 is 0 Å². The van der Waals surface area contributed by atoms with Gasteiger partial charge in [-0.15, -0.1) is 0 Å². The van der Waals surface area contributed by atoms with E-state index in [2.05, 4.69) is 10.3 Å². The Morgan fingerprint density at radius 2 is 1.91 bits per heavy atom. The number of hydrogen-bond donors (Lipinski definition) is 1. The van der Waals surface area contributed by atoms with Crippen LogP contribution in [0.4, 0.5) is 5.69 Å². The van der Waals surface area contributed by atoms with Crippen molar-refractivity contribution in [3.63, 3.8) is 0 Å². The number of aromatic nitrogens is 1. The van der Waals surface area contributed by atoms with Crippen LogP contribution in [0.25, 0.3) is 0 Å². The molecule has 10 heteroatoms. The summed E-state index contributed by atoms with van der Waals surface area (Å²) in [7, 11) is -2.51. The maximum atomic E-state index is 13.3. The van der Waals surface area contributed by atoms with Gasteiger partial charge in [-0.25, -0.2) is 8.42 Å². The molecule has 0 bridgehead atoms. The van der Waals surface area contributed by atoms with Crippen molar-refractivity contribution in [1.29, 1.82) is 0 Å². The zero-order valence-electron chi connectivity index (χ0n) is 17.2. The molecule has 0 spiro atoms. The first-order chi connectivity index (χ1) is 15.5. The van der Waals surface area contributed by atoms with E-state index in [0.29, 0.717) is 22.9 Å². The number of benzene rings is 2. The van der Waals surface area contributed by atoms with Crippen molar-refractivity contribution < 1.29 is 27.4 Å². The second-order valence-corrected chi connectivity index (χ2v) is 8.73. The Labute approximate surface area is 185 Å². The molecule has 1 aromatic heterocycles. The van der Waals surface area contributed by atoms with E-state index in [9.17, 15) is 13.2 Å². The molecule has 0 aliphatic carbocycles. The molecule has 0 saturated carbocycles. The number of ether oxygens (including phenoxy) is 3. The highest BCUT2D eigenvalue weighted by molar-refractivity contribution is 7.92. The molecule has 2 aromatic carbocycles. The fraction of sp³-hybridized carbons (Fsp3) is 0.182. The van der Waals surface area contributed by atoms with Gasteiger partial charge >= 0.3 is 0 Å². The van der Waals surface area contributed by atoms with Crippen molar-refractivity contribution >= 4 is 21.6 Å². The number of amides is 1. The molecule has 1 amide bonds. The highest BCUT2D eigenvalue weighted by Gasteiger charge is 2.27. The number of hydrogen-bond acceptors (Lipinski definition) is 7. The van der Waals surface area contributed by atoms with Gasteiger partial charge in [0.1, 0.15) is 17.2 Å². The van der Waals surface area contributed by atoms with Crippen molar-refractivity contribution in [2.45, 2.75) is 11.4 Å². The Morgan fingerprint density at radius 3 is 2.62 bits per heavy atom. The Bertz CT molecular complexity index is 1200. The van der Waals surface area contributed by atoms with Gasteiger partial charge in [0, 0.05) is 18.9 Å². The summed E-state index contributed by atoms with van der Waals surface area (Å²) in [5.74, 6) is 1.36. The van der Waals surface area contributed by atoms with Crippen LogP contribution in [0.3, 0.4) is 0 Å². The largest absolute Gasteiger partial charge is 0.497 e. The third-order valence-corrected chi connectivity index (χ3v) is 6.55. The first-order valence-electron chi connectivity index (χ1n) is 9.69. The van der Waals surface area contributed by atoms with Gasteiger partial charge in [0.05, 0.1) is 12.8 Å². The van der Waals surface area contributed by atoms with Gasteiger partial charge in [-0.3, -0.25) is 14.1 Å². The zero-order valence-corrected chi connectivity index (χ0v) is 18.0. The van der Waals surface area contributed by atoms with Crippen LogP contribution in [0.1, 0.15) is 5.56 Å².